The van der Waals surface area contributed by atoms with Crippen molar-refractivity contribution in [2.45, 2.75) is 20.3 Å². The van der Waals surface area contributed by atoms with Gasteiger partial charge in [0, 0.05) is 18.2 Å². The van der Waals surface area contributed by atoms with Crippen LogP contribution in [0.3, 0.4) is 0 Å². The standard InChI is InChI=1S/C21H24O5/c1-14(2)9-15-5-7-16(8-6-15)10-20(21(22)23)26-19-12-17(24-3)11-18(13-19)25-4/h5-8,10-14H,9H2,1-4H3,(H,22,23). The molecule has 2 rings (SSSR count). The molecule has 138 valence electrons. The summed E-state index contributed by atoms with van der Waals surface area (Å²) in [5.74, 6) is 0.586. The van der Waals surface area contributed by atoms with Crippen LogP contribution in [0, 0.1) is 5.92 Å². The van der Waals surface area contributed by atoms with E-state index in [4.69, 9.17) is 14.2 Å². The maximum Gasteiger partial charge on any atom is 0.371 e. The van der Waals surface area contributed by atoms with Crippen LogP contribution >= 0.6 is 0 Å². The Bertz CT molecular complexity index is 753. The van der Waals surface area contributed by atoms with Gasteiger partial charge < -0.3 is 19.3 Å². The van der Waals surface area contributed by atoms with E-state index in [1.807, 2.05) is 24.3 Å². The lowest BCUT2D eigenvalue weighted by Crippen LogP contribution is -2.08. The molecule has 5 nitrogen and oxygen atoms in total. The number of methoxy groups -OCH3 is 2. The third-order valence-electron chi connectivity index (χ3n) is 3.68. The fourth-order valence-corrected chi connectivity index (χ4v) is 2.47. The Balaban J connectivity index is 2.26. The number of carboxylic acids is 1. The van der Waals surface area contributed by atoms with Gasteiger partial charge in [0.25, 0.3) is 0 Å². The Morgan fingerprint density at radius 3 is 2.00 bits per heavy atom. The molecule has 1 N–H and O–H groups in total. The molecular formula is C21H24O5. The van der Waals surface area contributed by atoms with Crippen LogP contribution in [0.1, 0.15) is 25.0 Å². The highest BCUT2D eigenvalue weighted by Gasteiger charge is 2.12. The van der Waals surface area contributed by atoms with Crippen molar-refractivity contribution in [1.82, 2.24) is 0 Å². The van der Waals surface area contributed by atoms with Crippen molar-refractivity contribution < 1.29 is 24.1 Å². The molecule has 0 unspecified atom stereocenters. The average molecular weight is 356 g/mol. The molecular weight excluding hydrogens is 332 g/mol. The lowest BCUT2D eigenvalue weighted by molar-refractivity contribution is -0.134. The van der Waals surface area contributed by atoms with E-state index in [1.54, 1.807) is 18.2 Å². The molecule has 26 heavy (non-hydrogen) atoms. The minimum atomic E-state index is -1.15. The van der Waals surface area contributed by atoms with E-state index in [0.29, 0.717) is 23.2 Å². The Kier molecular flexibility index (Phi) is 6.67. The van der Waals surface area contributed by atoms with Gasteiger partial charge in [0.1, 0.15) is 17.2 Å². The van der Waals surface area contributed by atoms with Crippen molar-refractivity contribution >= 4 is 12.0 Å². The number of carbonyl (C=O) groups is 1. The summed E-state index contributed by atoms with van der Waals surface area (Å²) < 4.78 is 15.9. The third-order valence-corrected chi connectivity index (χ3v) is 3.68. The first kappa shape index (κ1) is 19.4. The second-order valence-corrected chi connectivity index (χ2v) is 6.30. The summed E-state index contributed by atoms with van der Waals surface area (Å²) in [6.07, 6.45) is 2.48. The maximum atomic E-state index is 11.6. The summed E-state index contributed by atoms with van der Waals surface area (Å²) in [7, 11) is 3.04. The SMILES string of the molecule is COc1cc(OC)cc(OC(=Cc2ccc(CC(C)C)cc2)C(=O)O)c1. The number of aliphatic carboxylic acids is 1. The van der Waals surface area contributed by atoms with Crippen LogP contribution in [0.25, 0.3) is 6.08 Å². The minimum absolute atomic E-state index is 0.183. The first-order valence-corrected chi connectivity index (χ1v) is 8.36. The Morgan fingerprint density at radius 1 is 1.00 bits per heavy atom. The third kappa shape index (κ3) is 5.55. The van der Waals surface area contributed by atoms with Gasteiger partial charge in [0.2, 0.25) is 5.76 Å². The molecule has 0 spiro atoms. The first-order chi connectivity index (χ1) is 12.4. The van der Waals surface area contributed by atoms with E-state index in [0.717, 1.165) is 12.0 Å². The molecule has 0 atom stereocenters. The van der Waals surface area contributed by atoms with Crippen molar-refractivity contribution in [3.8, 4) is 17.2 Å². The lowest BCUT2D eigenvalue weighted by Gasteiger charge is -2.10. The quantitative estimate of drug-likeness (QED) is 0.561. The fourth-order valence-electron chi connectivity index (χ4n) is 2.47. The summed E-state index contributed by atoms with van der Waals surface area (Å²) in [4.78, 5) is 11.6. The number of rotatable bonds is 8. The molecule has 5 heteroatoms. The first-order valence-electron chi connectivity index (χ1n) is 8.36. The van der Waals surface area contributed by atoms with Gasteiger partial charge in [0.05, 0.1) is 14.2 Å². The highest BCUT2D eigenvalue weighted by atomic mass is 16.5. The number of hydrogen-bond donors (Lipinski definition) is 1. The predicted molar refractivity (Wildman–Crippen MR) is 101 cm³/mol. The van der Waals surface area contributed by atoms with Crippen LogP contribution < -0.4 is 14.2 Å². The molecule has 0 aliphatic rings. The molecule has 0 aliphatic heterocycles. The molecule has 0 fully saturated rings. The van der Waals surface area contributed by atoms with Crippen molar-refractivity contribution in [2.24, 2.45) is 5.92 Å². The Hall–Kier alpha value is -2.95. The highest BCUT2D eigenvalue weighted by Crippen LogP contribution is 2.29. The van der Waals surface area contributed by atoms with Crippen molar-refractivity contribution in [3.05, 3.63) is 59.4 Å². The molecule has 0 aromatic heterocycles. The summed E-state index contributed by atoms with van der Waals surface area (Å²) in [6.45, 7) is 4.32. The second kappa shape index (κ2) is 8.94. The normalized spacial score (nSPS) is 11.3. The predicted octanol–water partition coefficient (Wildman–Crippen LogP) is 4.41. The smallest absolute Gasteiger partial charge is 0.371 e. The van der Waals surface area contributed by atoms with Gasteiger partial charge in [-0.3, -0.25) is 0 Å². The van der Waals surface area contributed by atoms with E-state index in [-0.39, 0.29) is 5.76 Å². The largest absolute Gasteiger partial charge is 0.496 e. The zero-order valence-electron chi connectivity index (χ0n) is 15.5. The summed E-state index contributed by atoms with van der Waals surface area (Å²) in [5, 5.41) is 9.47. The zero-order chi connectivity index (χ0) is 19.1. The van der Waals surface area contributed by atoms with Crippen LogP contribution in [-0.2, 0) is 11.2 Å². The Labute approximate surface area is 153 Å². The van der Waals surface area contributed by atoms with Crippen LogP contribution in [0.4, 0.5) is 0 Å². The van der Waals surface area contributed by atoms with E-state index < -0.39 is 5.97 Å². The van der Waals surface area contributed by atoms with Gasteiger partial charge >= 0.3 is 5.97 Å². The van der Waals surface area contributed by atoms with Crippen LogP contribution in [0.15, 0.2) is 48.2 Å². The molecule has 0 aliphatic carbocycles. The summed E-state index contributed by atoms with van der Waals surface area (Å²) >= 11 is 0. The van der Waals surface area contributed by atoms with Crippen LogP contribution in [-0.4, -0.2) is 25.3 Å². The second-order valence-electron chi connectivity index (χ2n) is 6.30. The van der Waals surface area contributed by atoms with Crippen molar-refractivity contribution in [3.63, 3.8) is 0 Å². The van der Waals surface area contributed by atoms with E-state index in [1.165, 1.54) is 25.9 Å². The minimum Gasteiger partial charge on any atom is -0.496 e. The maximum absolute atomic E-state index is 11.6. The molecule has 0 heterocycles. The molecule has 0 bridgehead atoms. The zero-order valence-corrected chi connectivity index (χ0v) is 15.5. The van der Waals surface area contributed by atoms with Gasteiger partial charge in [0.15, 0.2) is 0 Å². The summed E-state index contributed by atoms with van der Waals surface area (Å²) in [5.41, 5.74) is 1.97. The van der Waals surface area contributed by atoms with Crippen molar-refractivity contribution in [1.29, 1.82) is 0 Å². The monoisotopic (exact) mass is 356 g/mol. The fraction of sp³-hybridized carbons (Fsp3) is 0.286. The molecule has 2 aromatic carbocycles. The topological polar surface area (TPSA) is 65.0 Å². The van der Waals surface area contributed by atoms with E-state index in [9.17, 15) is 9.90 Å². The van der Waals surface area contributed by atoms with Crippen LogP contribution in [0.2, 0.25) is 0 Å². The highest BCUT2D eigenvalue weighted by molar-refractivity contribution is 5.90. The van der Waals surface area contributed by atoms with Crippen LogP contribution in [0.5, 0.6) is 17.2 Å². The average Bonchev–Trinajstić information content (AvgIpc) is 2.61. The molecule has 0 radical (unpaired) electrons. The molecule has 0 saturated heterocycles. The Morgan fingerprint density at radius 2 is 1.54 bits per heavy atom. The van der Waals surface area contributed by atoms with E-state index in [2.05, 4.69) is 13.8 Å². The number of ether oxygens (including phenoxy) is 3. The molecule has 0 amide bonds. The summed E-state index contributed by atoms with van der Waals surface area (Å²) in [6, 6.07) is 12.7. The number of benzene rings is 2. The van der Waals surface area contributed by atoms with Gasteiger partial charge in [-0.1, -0.05) is 38.1 Å². The number of hydrogen-bond acceptors (Lipinski definition) is 4. The molecule has 0 saturated carbocycles. The van der Waals surface area contributed by atoms with Crippen molar-refractivity contribution in [2.75, 3.05) is 14.2 Å². The lowest BCUT2D eigenvalue weighted by atomic mass is 10.0. The van der Waals surface area contributed by atoms with Gasteiger partial charge in [-0.25, -0.2) is 4.79 Å². The number of carboxylic acid groups (broad SMARTS) is 1. The molecule has 2 aromatic rings. The van der Waals surface area contributed by atoms with Gasteiger partial charge in [-0.2, -0.15) is 0 Å². The van der Waals surface area contributed by atoms with E-state index >= 15 is 0 Å². The van der Waals surface area contributed by atoms with Gasteiger partial charge in [-0.05, 0) is 29.5 Å². The van der Waals surface area contributed by atoms with Gasteiger partial charge in [-0.15, -0.1) is 0 Å².